The van der Waals surface area contributed by atoms with E-state index < -0.39 is 5.60 Å². The van der Waals surface area contributed by atoms with Gasteiger partial charge < -0.3 is 10.0 Å². The van der Waals surface area contributed by atoms with Gasteiger partial charge in [0.05, 0.1) is 12.7 Å². The molecule has 1 saturated heterocycles. The lowest BCUT2D eigenvalue weighted by molar-refractivity contribution is 0.0559. The third-order valence-corrected chi connectivity index (χ3v) is 3.64. The lowest BCUT2D eigenvalue weighted by atomic mass is 10.0. The molecule has 0 amide bonds. The average molecular weight is 274 g/mol. The first kappa shape index (κ1) is 13.0. The van der Waals surface area contributed by atoms with Gasteiger partial charge in [0, 0.05) is 25.1 Å². The fourth-order valence-corrected chi connectivity index (χ4v) is 2.44. The summed E-state index contributed by atoms with van der Waals surface area (Å²) >= 11 is 0. The summed E-state index contributed by atoms with van der Waals surface area (Å²) in [6.07, 6.45) is 3.95. The summed E-state index contributed by atoms with van der Waals surface area (Å²) in [7, 11) is 0. The van der Waals surface area contributed by atoms with Gasteiger partial charge in [-0.1, -0.05) is 13.8 Å². The van der Waals surface area contributed by atoms with Gasteiger partial charge in [0.15, 0.2) is 0 Å². The van der Waals surface area contributed by atoms with Crippen molar-refractivity contribution < 1.29 is 5.11 Å². The van der Waals surface area contributed by atoms with E-state index in [-0.39, 0.29) is 5.92 Å². The van der Waals surface area contributed by atoms with Crippen LogP contribution in [-0.4, -0.2) is 43.6 Å². The molecule has 1 aliphatic heterocycles. The Morgan fingerprint density at radius 1 is 1.45 bits per heavy atom. The van der Waals surface area contributed by atoms with E-state index in [1.165, 1.54) is 0 Å². The van der Waals surface area contributed by atoms with Crippen LogP contribution < -0.4 is 4.90 Å². The third kappa shape index (κ3) is 2.24. The Balaban J connectivity index is 1.82. The Kier molecular flexibility index (Phi) is 3.13. The van der Waals surface area contributed by atoms with Gasteiger partial charge in [-0.15, -0.1) is 0 Å². The predicted octanol–water partition coefficient (Wildman–Crippen LogP) is 0.816. The second kappa shape index (κ2) is 4.82. The molecule has 20 heavy (non-hydrogen) atoms. The molecule has 1 aliphatic rings. The van der Waals surface area contributed by atoms with Crippen molar-refractivity contribution in [1.29, 1.82) is 0 Å². The summed E-state index contributed by atoms with van der Waals surface area (Å²) in [4.78, 5) is 10.9. The second-order valence-electron chi connectivity index (χ2n) is 5.49. The molecular formula is C13H18N6O. The molecule has 0 saturated carbocycles. The van der Waals surface area contributed by atoms with Crippen molar-refractivity contribution in [1.82, 2.24) is 25.4 Å². The summed E-state index contributed by atoms with van der Waals surface area (Å²) in [5.41, 5.74) is -0.381. The van der Waals surface area contributed by atoms with Gasteiger partial charge in [0.1, 0.15) is 22.9 Å². The molecule has 3 heterocycles. The zero-order valence-corrected chi connectivity index (χ0v) is 11.6. The Bertz CT molecular complexity index is 584. The van der Waals surface area contributed by atoms with E-state index in [4.69, 9.17) is 0 Å². The van der Waals surface area contributed by atoms with E-state index >= 15 is 0 Å². The molecule has 7 heteroatoms. The molecule has 0 bridgehead atoms. The highest BCUT2D eigenvalue weighted by atomic mass is 16.3. The van der Waals surface area contributed by atoms with Crippen LogP contribution in [0.4, 0.5) is 5.82 Å². The number of hydrogen-bond acceptors (Lipinski definition) is 6. The van der Waals surface area contributed by atoms with Gasteiger partial charge in [0.2, 0.25) is 0 Å². The topological polar surface area (TPSA) is 90.8 Å². The second-order valence-corrected chi connectivity index (χ2v) is 5.49. The summed E-state index contributed by atoms with van der Waals surface area (Å²) in [5, 5.41) is 21.0. The number of aromatic nitrogens is 5. The van der Waals surface area contributed by atoms with Crippen molar-refractivity contribution >= 4 is 5.82 Å². The van der Waals surface area contributed by atoms with Gasteiger partial charge in [-0.3, -0.25) is 0 Å². The Labute approximate surface area is 117 Å². The molecule has 0 spiro atoms. The number of aromatic amines is 1. The molecule has 2 aromatic heterocycles. The SMILES string of the molecule is CC(C)c1nccc(N2CC[C@@](O)(c3cn[nH]n3)C2)n1. The van der Waals surface area contributed by atoms with Crippen LogP contribution >= 0.6 is 0 Å². The smallest absolute Gasteiger partial charge is 0.133 e. The van der Waals surface area contributed by atoms with E-state index in [2.05, 4.69) is 44.1 Å². The van der Waals surface area contributed by atoms with Gasteiger partial charge in [0.25, 0.3) is 0 Å². The fraction of sp³-hybridized carbons (Fsp3) is 0.538. The number of hydrogen-bond donors (Lipinski definition) is 2. The van der Waals surface area contributed by atoms with E-state index in [1.54, 1.807) is 12.4 Å². The highest BCUT2D eigenvalue weighted by molar-refractivity contribution is 5.41. The number of rotatable bonds is 3. The first-order chi connectivity index (χ1) is 9.58. The van der Waals surface area contributed by atoms with Crippen LogP contribution in [0.3, 0.4) is 0 Å². The number of nitrogens with one attached hydrogen (secondary N) is 1. The first-order valence-corrected chi connectivity index (χ1v) is 6.75. The molecule has 0 unspecified atom stereocenters. The molecule has 0 aliphatic carbocycles. The van der Waals surface area contributed by atoms with Crippen molar-refractivity contribution in [3.8, 4) is 0 Å². The third-order valence-electron chi connectivity index (χ3n) is 3.64. The Hall–Kier alpha value is -2.02. The molecule has 0 aromatic carbocycles. The molecule has 3 rings (SSSR count). The number of nitrogens with zero attached hydrogens (tertiary/aromatic N) is 5. The minimum atomic E-state index is -0.962. The standard InChI is InChI=1S/C13H18N6O/c1-9(2)12-14-5-3-11(16-12)19-6-4-13(20,8-19)10-7-15-18-17-10/h3,5,7,9,20H,4,6,8H2,1-2H3,(H,15,17,18)/t13-/m0/s1. The van der Waals surface area contributed by atoms with Gasteiger partial charge in [-0.05, 0) is 6.07 Å². The lowest BCUT2D eigenvalue weighted by Crippen LogP contribution is -2.31. The highest BCUT2D eigenvalue weighted by Crippen LogP contribution is 2.32. The Morgan fingerprint density at radius 2 is 2.30 bits per heavy atom. The first-order valence-electron chi connectivity index (χ1n) is 6.75. The van der Waals surface area contributed by atoms with Gasteiger partial charge in [-0.25, -0.2) is 9.97 Å². The van der Waals surface area contributed by atoms with E-state index in [0.717, 1.165) is 18.2 Å². The van der Waals surface area contributed by atoms with Crippen LogP contribution in [0.15, 0.2) is 18.5 Å². The van der Waals surface area contributed by atoms with Crippen LogP contribution in [-0.2, 0) is 5.60 Å². The molecule has 7 nitrogen and oxygen atoms in total. The highest BCUT2D eigenvalue weighted by Gasteiger charge is 2.40. The average Bonchev–Trinajstić information content (AvgIpc) is 3.09. The lowest BCUT2D eigenvalue weighted by Gasteiger charge is -2.22. The largest absolute Gasteiger partial charge is 0.381 e. The van der Waals surface area contributed by atoms with Crippen LogP contribution in [0.2, 0.25) is 0 Å². The van der Waals surface area contributed by atoms with Crippen LogP contribution in [0.5, 0.6) is 0 Å². The van der Waals surface area contributed by atoms with Crippen LogP contribution in [0, 0.1) is 0 Å². The summed E-state index contributed by atoms with van der Waals surface area (Å²) < 4.78 is 0. The molecule has 1 fully saturated rings. The Morgan fingerprint density at radius 3 is 3.00 bits per heavy atom. The minimum Gasteiger partial charge on any atom is -0.381 e. The van der Waals surface area contributed by atoms with Gasteiger partial charge >= 0.3 is 0 Å². The maximum absolute atomic E-state index is 10.7. The molecule has 2 N–H and O–H groups in total. The van der Waals surface area contributed by atoms with Crippen molar-refractivity contribution in [2.75, 3.05) is 18.0 Å². The van der Waals surface area contributed by atoms with E-state index in [0.29, 0.717) is 18.7 Å². The zero-order chi connectivity index (χ0) is 14.2. The summed E-state index contributed by atoms with van der Waals surface area (Å²) in [5.74, 6) is 1.95. The van der Waals surface area contributed by atoms with E-state index in [1.807, 2.05) is 6.07 Å². The molecule has 1 atom stereocenters. The number of β-amino-alcohol motifs (C(OH)–C–C–N with tert-alkyl or cyclic N) is 1. The molecule has 106 valence electrons. The molecule has 0 radical (unpaired) electrons. The normalized spacial score (nSPS) is 22.7. The monoisotopic (exact) mass is 274 g/mol. The van der Waals surface area contributed by atoms with Crippen molar-refractivity contribution in [2.45, 2.75) is 31.8 Å². The van der Waals surface area contributed by atoms with Gasteiger partial charge in [-0.2, -0.15) is 15.4 Å². The summed E-state index contributed by atoms with van der Waals surface area (Å²) in [6.45, 7) is 5.33. The molecular weight excluding hydrogens is 256 g/mol. The van der Waals surface area contributed by atoms with Crippen molar-refractivity contribution in [3.63, 3.8) is 0 Å². The number of anilines is 1. The van der Waals surface area contributed by atoms with E-state index in [9.17, 15) is 5.11 Å². The summed E-state index contributed by atoms with van der Waals surface area (Å²) in [6, 6.07) is 1.88. The van der Waals surface area contributed by atoms with Crippen LogP contribution in [0.25, 0.3) is 0 Å². The van der Waals surface area contributed by atoms with Crippen molar-refractivity contribution in [2.24, 2.45) is 0 Å². The number of H-pyrrole nitrogens is 1. The fourth-order valence-electron chi connectivity index (χ4n) is 2.44. The quantitative estimate of drug-likeness (QED) is 0.861. The molecule has 2 aromatic rings. The van der Waals surface area contributed by atoms with Crippen LogP contribution in [0.1, 0.15) is 37.7 Å². The predicted molar refractivity (Wildman–Crippen MR) is 73.2 cm³/mol. The maximum Gasteiger partial charge on any atom is 0.133 e. The zero-order valence-electron chi connectivity index (χ0n) is 11.6. The van der Waals surface area contributed by atoms with Crippen molar-refractivity contribution in [3.05, 3.63) is 30.0 Å². The minimum absolute atomic E-state index is 0.284. The number of aliphatic hydroxyl groups is 1. The maximum atomic E-state index is 10.7.